The standard InChI is InChI=1S/C17H24N2O3/c1-17(2,11-14-7-5-4-6-8-14)18(3)15(20)12-19-9-10-22-16(21)13-19/h4-8H,9-13H2,1-3H3. The van der Waals surface area contributed by atoms with Crippen molar-refractivity contribution in [2.24, 2.45) is 0 Å². The van der Waals surface area contributed by atoms with Gasteiger partial charge in [-0.2, -0.15) is 0 Å². The predicted molar refractivity (Wildman–Crippen MR) is 84.4 cm³/mol. The molecule has 1 aromatic rings. The van der Waals surface area contributed by atoms with Gasteiger partial charge in [0.25, 0.3) is 0 Å². The highest BCUT2D eigenvalue weighted by Crippen LogP contribution is 2.19. The fourth-order valence-electron chi connectivity index (χ4n) is 2.58. The van der Waals surface area contributed by atoms with Crippen LogP contribution in [0.25, 0.3) is 0 Å². The summed E-state index contributed by atoms with van der Waals surface area (Å²) in [5, 5.41) is 0. The van der Waals surface area contributed by atoms with Gasteiger partial charge >= 0.3 is 5.97 Å². The first-order chi connectivity index (χ1) is 10.4. The lowest BCUT2D eigenvalue weighted by Gasteiger charge is -2.37. The third kappa shape index (κ3) is 4.31. The van der Waals surface area contributed by atoms with Crippen LogP contribution in [0.2, 0.25) is 0 Å². The topological polar surface area (TPSA) is 49.9 Å². The van der Waals surface area contributed by atoms with Crippen LogP contribution in [-0.2, 0) is 20.7 Å². The molecule has 1 aromatic carbocycles. The molecule has 1 aliphatic rings. The Bertz CT molecular complexity index is 528. The molecule has 22 heavy (non-hydrogen) atoms. The quantitative estimate of drug-likeness (QED) is 0.770. The van der Waals surface area contributed by atoms with Crippen molar-refractivity contribution in [1.29, 1.82) is 0 Å². The molecular weight excluding hydrogens is 280 g/mol. The van der Waals surface area contributed by atoms with Gasteiger partial charge in [-0.25, -0.2) is 0 Å². The van der Waals surface area contributed by atoms with Crippen LogP contribution in [0.1, 0.15) is 19.4 Å². The molecule has 1 saturated heterocycles. The average molecular weight is 304 g/mol. The lowest BCUT2D eigenvalue weighted by Crippen LogP contribution is -2.52. The Kier molecular flexibility index (Phi) is 5.19. The highest BCUT2D eigenvalue weighted by Gasteiger charge is 2.30. The number of rotatable bonds is 5. The van der Waals surface area contributed by atoms with Crippen LogP contribution in [0.15, 0.2) is 30.3 Å². The first kappa shape index (κ1) is 16.5. The van der Waals surface area contributed by atoms with E-state index in [1.54, 1.807) is 4.90 Å². The number of nitrogens with zero attached hydrogens (tertiary/aromatic N) is 2. The van der Waals surface area contributed by atoms with Crippen molar-refractivity contribution in [2.75, 3.05) is 33.3 Å². The zero-order valence-electron chi connectivity index (χ0n) is 13.5. The normalized spacial score (nSPS) is 16.2. The third-order valence-electron chi connectivity index (χ3n) is 4.14. The summed E-state index contributed by atoms with van der Waals surface area (Å²) in [5.74, 6) is -0.235. The number of ether oxygens (including phenoxy) is 1. The smallest absolute Gasteiger partial charge is 0.320 e. The van der Waals surface area contributed by atoms with E-state index in [2.05, 4.69) is 26.0 Å². The molecule has 1 aliphatic heterocycles. The number of likely N-dealkylation sites (N-methyl/N-ethyl adjacent to an activating group) is 1. The summed E-state index contributed by atoms with van der Waals surface area (Å²) in [6, 6.07) is 10.1. The minimum atomic E-state index is -0.283. The number of esters is 1. The van der Waals surface area contributed by atoms with Crippen molar-refractivity contribution in [3.8, 4) is 0 Å². The number of hydrogen-bond acceptors (Lipinski definition) is 4. The summed E-state index contributed by atoms with van der Waals surface area (Å²) in [6.07, 6.45) is 0.790. The zero-order chi connectivity index (χ0) is 16.2. The molecule has 5 nitrogen and oxygen atoms in total. The maximum absolute atomic E-state index is 12.5. The van der Waals surface area contributed by atoms with Crippen molar-refractivity contribution in [2.45, 2.75) is 25.8 Å². The van der Waals surface area contributed by atoms with E-state index >= 15 is 0 Å². The molecule has 0 atom stereocenters. The Morgan fingerprint density at radius 1 is 1.32 bits per heavy atom. The maximum Gasteiger partial charge on any atom is 0.320 e. The third-order valence-corrected chi connectivity index (χ3v) is 4.14. The lowest BCUT2D eigenvalue weighted by atomic mass is 9.93. The number of amides is 1. The van der Waals surface area contributed by atoms with Gasteiger partial charge < -0.3 is 9.64 Å². The molecule has 0 saturated carbocycles. The van der Waals surface area contributed by atoms with E-state index in [0.29, 0.717) is 13.2 Å². The second kappa shape index (κ2) is 6.92. The molecule has 0 radical (unpaired) electrons. The van der Waals surface area contributed by atoms with Gasteiger partial charge in [0.1, 0.15) is 6.61 Å². The molecule has 120 valence electrons. The van der Waals surface area contributed by atoms with Crippen LogP contribution < -0.4 is 0 Å². The fourth-order valence-corrected chi connectivity index (χ4v) is 2.58. The zero-order valence-corrected chi connectivity index (χ0v) is 13.5. The van der Waals surface area contributed by atoms with E-state index in [-0.39, 0.29) is 30.5 Å². The molecule has 1 fully saturated rings. The monoisotopic (exact) mass is 304 g/mol. The Morgan fingerprint density at radius 3 is 2.64 bits per heavy atom. The van der Waals surface area contributed by atoms with Gasteiger partial charge in [-0.3, -0.25) is 14.5 Å². The molecular formula is C17H24N2O3. The van der Waals surface area contributed by atoms with Gasteiger partial charge in [0, 0.05) is 19.1 Å². The average Bonchev–Trinajstić information content (AvgIpc) is 2.47. The van der Waals surface area contributed by atoms with E-state index in [9.17, 15) is 9.59 Å². The molecule has 0 bridgehead atoms. The summed E-state index contributed by atoms with van der Waals surface area (Å²) in [4.78, 5) is 27.4. The molecule has 5 heteroatoms. The second-order valence-corrected chi connectivity index (χ2v) is 6.36. The maximum atomic E-state index is 12.5. The summed E-state index contributed by atoms with van der Waals surface area (Å²) in [6.45, 7) is 5.54. The number of hydrogen-bond donors (Lipinski definition) is 0. The lowest BCUT2D eigenvalue weighted by molar-refractivity contribution is -0.152. The number of cyclic esters (lactones) is 1. The molecule has 0 aliphatic carbocycles. The molecule has 1 heterocycles. The molecule has 1 amide bonds. The summed E-state index contributed by atoms with van der Waals surface area (Å²) < 4.78 is 4.89. The Morgan fingerprint density at radius 2 is 2.00 bits per heavy atom. The Labute approximate surface area is 131 Å². The minimum Gasteiger partial charge on any atom is -0.463 e. The van der Waals surface area contributed by atoms with Gasteiger partial charge in [-0.15, -0.1) is 0 Å². The molecule has 0 aromatic heterocycles. The van der Waals surface area contributed by atoms with Crippen LogP contribution in [0, 0.1) is 0 Å². The van der Waals surface area contributed by atoms with Crippen molar-refractivity contribution < 1.29 is 14.3 Å². The van der Waals surface area contributed by atoms with E-state index in [1.807, 2.05) is 30.1 Å². The van der Waals surface area contributed by atoms with E-state index in [1.165, 1.54) is 5.56 Å². The van der Waals surface area contributed by atoms with Gasteiger partial charge in [0.2, 0.25) is 5.91 Å². The van der Waals surface area contributed by atoms with E-state index in [4.69, 9.17) is 4.74 Å². The molecule has 0 unspecified atom stereocenters. The first-order valence-corrected chi connectivity index (χ1v) is 7.57. The summed E-state index contributed by atoms with van der Waals surface area (Å²) >= 11 is 0. The van der Waals surface area contributed by atoms with Gasteiger partial charge in [-0.1, -0.05) is 30.3 Å². The highest BCUT2D eigenvalue weighted by molar-refractivity contribution is 5.80. The fraction of sp³-hybridized carbons (Fsp3) is 0.529. The van der Waals surface area contributed by atoms with E-state index in [0.717, 1.165) is 6.42 Å². The first-order valence-electron chi connectivity index (χ1n) is 7.57. The van der Waals surface area contributed by atoms with Crippen LogP contribution >= 0.6 is 0 Å². The summed E-state index contributed by atoms with van der Waals surface area (Å²) in [5.41, 5.74) is 0.919. The van der Waals surface area contributed by atoms with Gasteiger partial charge in [-0.05, 0) is 25.8 Å². The van der Waals surface area contributed by atoms with Gasteiger partial charge in [0.05, 0.1) is 13.1 Å². The molecule has 0 N–H and O–H groups in total. The number of morpholine rings is 1. The number of benzene rings is 1. The predicted octanol–water partition coefficient (Wildman–Crippen LogP) is 1.32. The number of carbonyl (C=O) groups is 2. The van der Waals surface area contributed by atoms with E-state index < -0.39 is 0 Å². The van der Waals surface area contributed by atoms with Crippen LogP contribution in [-0.4, -0.2) is 60.5 Å². The van der Waals surface area contributed by atoms with Crippen LogP contribution in [0.4, 0.5) is 0 Å². The Balaban J connectivity index is 1.94. The molecule has 2 rings (SSSR count). The number of carbonyl (C=O) groups excluding carboxylic acids is 2. The van der Waals surface area contributed by atoms with Crippen molar-refractivity contribution in [1.82, 2.24) is 9.80 Å². The largest absolute Gasteiger partial charge is 0.463 e. The summed E-state index contributed by atoms with van der Waals surface area (Å²) in [7, 11) is 1.83. The SMILES string of the molecule is CN(C(=O)CN1CCOC(=O)C1)C(C)(C)Cc1ccccc1. The molecule has 0 spiro atoms. The Hall–Kier alpha value is -1.88. The van der Waals surface area contributed by atoms with Crippen LogP contribution in [0.5, 0.6) is 0 Å². The van der Waals surface area contributed by atoms with Crippen molar-refractivity contribution in [3.63, 3.8) is 0 Å². The van der Waals surface area contributed by atoms with Crippen molar-refractivity contribution in [3.05, 3.63) is 35.9 Å². The second-order valence-electron chi connectivity index (χ2n) is 6.36. The minimum absolute atomic E-state index is 0.0237. The van der Waals surface area contributed by atoms with Gasteiger partial charge in [0.15, 0.2) is 0 Å². The van der Waals surface area contributed by atoms with Crippen molar-refractivity contribution >= 4 is 11.9 Å². The highest BCUT2D eigenvalue weighted by atomic mass is 16.5. The van der Waals surface area contributed by atoms with Crippen LogP contribution in [0.3, 0.4) is 0 Å².